The number of benzene rings is 2. The highest BCUT2D eigenvalue weighted by molar-refractivity contribution is 9.10. The summed E-state index contributed by atoms with van der Waals surface area (Å²) in [6, 6.07) is 11.7. The number of carbonyl (C=O) groups is 1. The molecule has 0 bridgehead atoms. The summed E-state index contributed by atoms with van der Waals surface area (Å²) in [5, 5.41) is 2.82. The van der Waals surface area contributed by atoms with Crippen LogP contribution in [0.5, 0.6) is 5.75 Å². The van der Waals surface area contributed by atoms with E-state index >= 15 is 0 Å². The van der Waals surface area contributed by atoms with Gasteiger partial charge in [-0.1, -0.05) is 28.1 Å². The van der Waals surface area contributed by atoms with Crippen LogP contribution in [-0.2, 0) is 11.3 Å². The van der Waals surface area contributed by atoms with Gasteiger partial charge in [-0.25, -0.2) is 4.39 Å². The number of halogens is 2. The van der Waals surface area contributed by atoms with Crippen molar-refractivity contribution in [3.8, 4) is 5.75 Å². The van der Waals surface area contributed by atoms with Crippen molar-refractivity contribution in [2.45, 2.75) is 6.54 Å². The molecule has 0 aromatic heterocycles. The fourth-order valence-electron chi connectivity index (χ4n) is 2.14. The maximum Gasteiger partial charge on any atom is 0.238 e. The van der Waals surface area contributed by atoms with Crippen molar-refractivity contribution in [3.05, 3.63) is 58.3 Å². The summed E-state index contributed by atoms with van der Waals surface area (Å²) in [5.41, 5.74) is 1.61. The second kappa shape index (κ2) is 8.08. The Morgan fingerprint density at radius 3 is 2.78 bits per heavy atom. The molecular weight excluding hydrogens is 363 g/mol. The van der Waals surface area contributed by atoms with Crippen LogP contribution < -0.4 is 10.1 Å². The molecule has 2 rings (SSSR count). The van der Waals surface area contributed by atoms with Gasteiger partial charge in [0.1, 0.15) is 11.6 Å². The minimum Gasteiger partial charge on any atom is -0.497 e. The molecule has 0 unspecified atom stereocenters. The molecule has 0 aliphatic rings. The van der Waals surface area contributed by atoms with Crippen LogP contribution in [0.2, 0.25) is 0 Å². The molecule has 0 aliphatic carbocycles. The molecule has 0 aliphatic heterocycles. The van der Waals surface area contributed by atoms with Gasteiger partial charge in [0.15, 0.2) is 0 Å². The zero-order valence-corrected chi connectivity index (χ0v) is 14.6. The van der Waals surface area contributed by atoms with Crippen LogP contribution in [0.25, 0.3) is 0 Å². The Bertz CT molecular complexity index is 694. The van der Waals surface area contributed by atoms with Crippen LogP contribution in [0.3, 0.4) is 0 Å². The molecule has 122 valence electrons. The van der Waals surface area contributed by atoms with Gasteiger partial charge >= 0.3 is 0 Å². The lowest BCUT2D eigenvalue weighted by molar-refractivity contribution is -0.117. The zero-order chi connectivity index (χ0) is 16.8. The van der Waals surface area contributed by atoms with Crippen molar-refractivity contribution >= 4 is 27.5 Å². The van der Waals surface area contributed by atoms with E-state index in [2.05, 4.69) is 21.2 Å². The second-order valence-electron chi connectivity index (χ2n) is 5.19. The van der Waals surface area contributed by atoms with E-state index in [0.717, 1.165) is 5.56 Å². The highest BCUT2D eigenvalue weighted by Crippen LogP contribution is 2.20. The van der Waals surface area contributed by atoms with Crippen LogP contribution in [0.4, 0.5) is 10.1 Å². The van der Waals surface area contributed by atoms with Crippen molar-refractivity contribution in [1.82, 2.24) is 4.90 Å². The van der Waals surface area contributed by atoms with Crippen molar-refractivity contribution < 1.29 is 13.9 Å². The lowest BCUT2D eigenvalue weighted by Crippen LogP contribution is -2.29. The number of amides is 1. The Morgan fingerprint density at radius 2 is 2.09 bits per heavy atom. The van der Waals surface area contributed by atoms with Crippen LogP contribution in [0, 0.1) is 5.82 Å². The Morgan fingerprint density at radius 1 is 1.30 bits per heavy atom. The second-order valence-corrected chi connectivity index (χ2v) is 6.04. The highest BCUT2D eigenvalue weighted by atomic mass is 79.9. The molecule has 23 heavy (non-hydrogen) atoms. The van der Waals surface area contributed by atoms with Gasteiger partial charge in [-0.2, -0.15) is 0 Å². The molecule has 0 fully saturated rings. The van der Waals surface area contributed by atoms with Gasteiger partial charge in [-0.3, -0.25) is 9.69 Å². The summed E-state index contributed by atoms with van der Waals surface area (Å²) in [7, 11) is 3.41. The molecular formula is C17H18BrFN2O2. The fourth-order valence-corrected chi connectivity index (χ4v) is 2.62. The number of hydrogen-bond acceptors (Lipinski definition) is 3. The number of hydrogen-bond donors (Lipinski definition) is 1. The van der Waals surface area contributed by atoms with Crippen LogP contribution in [0.15, 0.2) is 46.9 Å². The molecule has 0 saturated heterocycles. The molecule has 2 aromatic rings. The van der Waals surface area contributed by atoms with E-state index in [0.29, 0.717) is 22.5 Å². The molecule has 6 heteroatoms. The molecule has 1 N–H and O–H groups in total. The number of rotatable bonds is 6. The molecule has 4 nitrogen and oxygen atoms in total. The number of nitrogens with one attached hydrogen (secondary N) is 1. The van der Waals surface area contributed by atoms with Crippen LogP contribution in [0.1, 0.15) is 5.56 Å². The number of methoxy groups -OCH3 is 1. The SMILES string of the molecule is COc1cccc(NC(=O)CN(C)Cc2ccc(F)cc2Br)c1. The normalized spacial score (nSPS) is 10.7. The van der Waals surface area contributed by atoms with Gasteiger partial charge < -0.3 is 10.1 Å². The van der Waals surface area contributed by atoms with E-state index in [1.54, 1.807) is 25.3 Å². The van der Waals surface area contributed by atoms with E-state index in [-0.39, 0.29) is 18.3 Å². The van der Waals surface area contributed by atoms with E-state index in [1.165, 1.54) is 12.1 Å². The van der Waals surface area contributed by atoms with E-state index < -0.39 is 0 Å². The minimum atomic E-state index is -0.293. The Hall–Kier alpha value is -1.92. The minimum absolute atomic E-state index is 0.126. The van der Waals surface area contributed by atoms with Crippen molar-refractivity contribution in [1.29, 1.82) is 0 Å². The molecule has 1 amide bonds. The first-order valence-corrected chi connectivity index (χ1v) is 7.83. The average Bonchev–Trinajstić information content (AvgIpc) is 2.50. The first kappa shape index (κ1) is 17.4. The Kier molecular flexibility index (Phi) is 6.12. The average molecular weight is 381 g/mol. The largest absolute Gasteiger partial charge is 0.497 e. The summed E-state index contributed by atoms with van der Waals surface area (Å²) < 4.78 is 18.9. The number of carbonyl (C=O) groups excluding carboxylic acids is 1. The molecule has 0 atom stereocenters. The van der Waals surface area contributed by atoms with E-state index in [1.807, 2.05) is 24.1 Å². The van der Waals surface area contributed by atoms with Gasteiger partial charge in [0.2, 0.25) is 5.91 Å². The standard InChI is InChI=1S/C17H18BrFN2O2/c1-21(10-12-6-7-13(19)8-16(12)18)11-17(22)20-14-4-3-5-15(9-14)23-2/h3-9H,10-11H2,1-2H3,(H,20,22). The maximum absolute atomic E-state index is 13.1. The van der Waals surface area contributed by atoms with Crippen LogP contribution in [-0.4, -0.2) is 31.5 Å². The summed E-state index contributed by atoms with van der Waals surface area (Å²) in [6.07, 6.45) is 0. The summed E-state index contributed by atoms with van der Waals surface area (Å²) in [5.74, 6) is 0.268. The molecule has 0 spiro atoms. The zero-order valence-electron chi connectivity index (χ0n) is 13.0. The third-order valence-electron chi connectivity index (χ3n) is 3.22. The quantitative estimate of drug-likeness (QED) is 0.831. The highest BCUT2D eigenvalue weighted by Gasteiger charge is 2.10. The number of ether oxygens (including phenoxy) is 1. The maximum atomic E-state index is 13.1. The summed E-state index contributed by atoms with van der Waals surface area (Å²) in [4.78, 5) is 13.9. The lowest BCUT2D eigenvalue weighted by atomic mass is 10.2. The van der Waals surface area contributed by atoms with Gasteiger partial charge in [-0.05, 0) is 36.9 Å². The van der Waals surface area contributed by atoms with Crippen LogP contribution >= 0.6 is 15.9 Å². The van der Waals surface area contributed by atoms with Gasteiger partial charge in [0.25, 0.3) is 0 Å². The van der Waals surface area contributed by atoms with E-state index in [9.17, 15) is 9.18 Å². The predicted molar refractivity (Wildman–Crippen MR) is 92.1 cm³/mol. The number of nitrogens with zero attached hydrogens (tertiary/aromatic N) is 1. The lowest BCUT2D eigenvalue weighted by Gasteiger charge is -2.17. The van der Waals surface area contributed by atoms with E-state index in [4.69, 9.17) is 4.74 Å². The third-order valence-corrected chi connectivity index (χ3v) is 3.96. The number of likely N-dealkylation sites (N-methyl/N-ethyl adjacent to an activating group) is 1. The summed E-state index contributed by atoms with van der Waals surface area (Å²) in [6.45, 7) is 0.757. The van der Waals surface area contributed by atoms with Crippen molar-refractivity contribution in [3.63, 3.8) is 0 Å². The molecule has 0 radical (unpaired) electrons. The Labute approximate surface area is 143 Å². The molecule has 2 aromatic carbocycles. The third kappa shape index (κ3) is 5.33. The van der Waals surface area contributed by atoms with Gasteiger partial charge in [0.05, 0.1) is 13.7 Å². The van der Waals surface area contributed by atoms with Gasteiger partial charge in [-0.15, -0.1) is 0 Å². The molecule has 0 heterocycles. The number of anilines is 1. The van der Waals surface area contributed by atoms with Crippen molar-refractivity contribution in [2.75, 3.05) is 26.0 Å². The predicted octanol–water partition coefficient (Wildman–Crippen LogP) is 3.67. The smallest absolute Gasteiger partial charge is 0.238 e. The van der Waals surface area contributed by atoms with Crippen molar-refractivity contribution in [2.24, 2.45) is 0 Å². The first-order valence-electron chi connectivity index (χ1n) is 7.04. The first-order chi connectivity index (χ1) is 11.0. The monoisotopic (exact) mass is 380 g/mol. The summed E-state index contributed by atoms with van der Waals surface area (Å²) >= 11 is 3.33. The Balaban J connectivity index is 1.91. The molecule has 0 saturated carbocycles. The topological polar surface area (TPSA) is 41.6 Å². The van der Waals surface area contributed by atoms with Gasteiger partial charge in [0, 0.05) is 22.8 Å². The fraction of sp³-hybridized carbons (Fsp3) is 0.235.